The Bertz CT molecular complexity index is 1300. The summed E-state index contributed by atoms with van der Waals surface area (Å²) < 4.78 is 20.3. The van der Waals surface area contributed by atoms with Crippen LogP contribution in [0.1, 0.15) is 22.5 Å². The molecule has 2 aromatic heterocycles. The standard InChI is InChI=1S/C26H22FN5O2/c1-34-23-11-5-20(6-12-23)24-16-25(32(30-24)22-9-7-21(27)8-10-22)26(33)31(15-3-13-28)18-19-4-2-14-29-17-19/h2,4-12,14,16-17H,3,15,18H2,1H3. The summed E-state index contributed by atoms with van der Waals surface area (Å²) in [6.45, 7) is 0.539. The van der Waals surface area contributed by atoms with Crippen molar-refractivity contribution >= 4 is 5.91 Å². The molecule has 1 amide bonds. The SMILES string of the molecule is COc1ccc(-c2cc(C(=O)N(CCC#N)Cc3cccnc3)n(-c3ccc(F)cc3)n2)cc1. The zero-order valence-electron chi connectivity index (χ0n) is 18.6. The molecule has 0 aliphatic heterocycles. The van der Waals surface area contributed by atoms with Crippen LogP contribution in [0.5, 0.6) is 5.75 Å². The lowest BCUT2D eigenvalue weighted by Crippen LogP contribution is -2.33. The molecule has 2 aromatic carbocycles. The van der Waals surface area contributed by atoms with Crippen LogP contribution < -0.4 is 4.74 Å². The van der Waals surface area contributed by atoms with Crippen molar-refractivity contribution in [2.75, 3.05) is 13.7 Å². The Morgan fingerprint density at radius 1 is 1.15 bits per heavy atom. The number of aromatic nitrogens is 3. The molecule has 34 heavy (non-hydrogen) atoms. The third-order valence-corrected chi connectivity index (χ3v) is 5.26. The molecule has 0 unspecified atom stereocenters. The molecule has 0 radical (unpaired) electrons. The maximum atomic E-state index is 13.7. The Kier molecular flexibility index (Phi) is 6.94. The molecule has 2 heterocycles. The van der Waals surface area contributed by atoms with Gasteiger partial charge in [-0.05, 0) is 66.2 Å². The normalized spacial score (nSPS) is 10.5. The first kappa shape index (κ1) is 22.7. The van der Waals surface area contributed by atoms with Gasteiger partial charge in [0.2, 0.25) is 0 Å². The lowest BCUT2D eigenvalue weighted by Gasteiger charge is -2.22. The molecule has 170 valence electrons. The van der Waals surface area contributed by atoms with E-state index in [0.29, 0.717) is 29.4 Å². The third kappa shape index (κ3) is 5.10. The highest BCUT2D eigenvalue weighted by Crippen LogP contribution is 2.25. The summed E-state index contributed by atoms with van der Waals surface area (Å²) in [6.07, 6.45) is 3.53. The lowest BCUT2D eigenvalue weighted by molar-refractivity contribution is 0.0737. The molecule has 4 rings (SSSR count). The van der Waals surface area contributed by atoms with Crippen LogP contribution in [0.25, 0.3) is 16.9 Å². The molecular formula is C26H22FN5O2. The van der Waals surface area contributed by atoms with E-state index in [0.717, 1.165) is 11.1 Å². The maximum Gasteiger partial charge on any atom is 0.272 e. The van der Waals surface area contributed by atoms with Crippen LogP contribution in [0, 0.1) is 17.1 Å². The van der Waals surface area contributed by atoms with Crippen molar-refractivity contribution in [2.45, 2.75) is 13.0 Å². The molecule has 0 spiro atoms. The second-order valence-corrected chi connectivity index (χ2v) is 7.53. The number of methoxy groups -OCH3 is 1. The maximum absolute atomic E-state index is 13.7. The van der Waals surface area contributed by atoms with Crippen LogP contribution >= 0.6 is 0 Å². The summed E-state index contributed by atoms with van der Waals surface area (Å²) in [7, 11) is 1.59. The quantitative estimate of drug-likeness (QED) is 0.387. The molecule has 0 aliphatic rings. The van der Waals surface area contributed by atoms with Gasteiger partial charge in [0, 0.05) is 31.0 Å². The van der Waals surface area contributed by atoms with Gasteiger partial charge in [0.05, 0.1) is 31.0 Å². The van der Waals surface area contributed by atoms with Gasteiger partial charge in [0.25, 0.3) is 5.91 Å². The first-order valence-electron chi connectivity index (χ1n) is 10.6. The summed E-state index contributed by atoms with van der Waals surface area (Å²) in [6, 6.07) is 20.6. The zero-order chi connectivity index (χ0) is 23.9. The number of nitrogens with zero attached hydrogens (tertiary/aromatic N) is 5. The Labute approximate surface area is 196 Å². The summed E-state index contributed by atoms with van der Waals surface area (Å²) in [5, 5.41) is 13.8. The van der Waals surface area contributed by atoms with Gasteiger partial charge in [-0.3, -0.25) is 9.78 Å². The second kappa shape index (κ2) is 10.4. The van der Waals surface area contributed by atoms with Gasteiger partial charge in [-0.25, -0.2) is 9.07 Å². The first-order chi connectivity index (χ1) is 16.6. The van der Waals surface area contributed by atoms with E-state index in [9.17, 15) is 9.18 Å². The minimum Gasteiger partial charge on any atom is -0.497 e. The number of carbonyl (C=O) groups is 1. The van der Waals surface area contributed by atoms with Crippen molar-refractivity contribution in [3.63, 3.8) is 0 Å². The van der Waals surface area contributed by atoms with Crippen molar-refractivity contribution in [1.29, 1.82) is 5.26 Å². The van der Waals surface area contributed by atoms with Crippen LogP contribution in [-0.2, 0) is 6.54 Å². The molecule has 0 bridgehead atoms. The monoisotopic (exact) mass is 455 g/mol. The predicted molar refractivity (Wildman–Crippen MR) is 125 cm³/mol. The highest BCUT2D eigenvalue weighted by atomic mass is 19.1. The van der Waals surface area contributed by atoms with E-state index >= 15 is 0 Å². The van der Waals surface area contributed by atoms with Crippen molar-refractivity contribution in [3.8, 4) is 28.8 Å². The first-order valence-corrected chi connectivity index (χ1v) is 10.6. The van der Waals surface area contributed by atoms with Crippen molar-refractivity contribution in [3.05, 3.63) is 96.2 Å². The summed E-state index contributed by atoms with van der Waals surface area (Å²) in [5.74, 6) is 0.0271. The van der Waals surface area contributed by atoms with E-state index in [1.165, 1.54) is 16.8 Å². The summed E-state index contributed by atoms with van der Waals surface area (Å²) in [4.78, 5) is 19.4. The van der Waals surface area contributed by atoms with Gasteiger partial charge in [-0.2, -0.15) is 10.4 Å². The van der Waals surface area contributed by atoms with E-state index in [-0.39, 0.29) is 24.7 Å². The van der Waals surface area contributed by atoms with Crippen LogP contribution in [0.2, 0.25) is 0 Å². The number of hydrogen-bond acceptors (Lipinski definition) is 5. The molecule has 0 fully saturated rings. The van der Waals surface area contributed by atoms with E-state index in [1.807, 2.05) is 30.3 Å². The molecular weight excluding hydrogens is 433 g/mol. The zero-order valence-corrected chi connectivity index (χ0v) is 18.6. The van der Waals surface area contributed by atoms with Crippen LogP contribution in [0.4, 0.5) is 4.39 Å². The molecule has 0 aliphatic carbocycles. The van der Waals surface area contributed by atoms with Gasteiger partial charge in [-0.1, -0.05) is 6.07 Å². The Morgan fingerprint density at radius 3 is 2.56 bits per heavy atom. The topological polar surface area (TPSA) is 84.0 Å². The van der Waals surface area contributed by atoms with Gasteiger partial charge in [0.1, 0.15) is 17.3 Å². The van der Waals surface area contributed by atoms with Crippen LogP contribution in [0.3, 0.4) is 0 Å². The van der Waals surface area contributed by atoms with Gasteiger partial charge in [0.15, 0.2) is 0 Å². The minimum absolute atomic E-state index is 0.183. The number of rotatable bonds is 8. The Hall–Kier alpha value is -4.51. The fourth-order valence-corrected chi connectivity index (χ4v) is 3.53. The summed E-state index contributed by atoms with van der Waals surface area (Å²) in [5.41, 5.74) is 3.07. The average molecular weight is 455 g/mol. The fraction of sp³-hybridized carbons (Fsp3) is 0.154. The largest absolute Gasteiger partial charge is 0.497 e. The Morgan fingerprint density at radius 2 is 1.91 bits per heavy atom. The number of carbonyl (C=O) groups excluding carboxylic acids is 1. The number of hydrogen-bond donors (Lipinski definition) is 0. The average Bonchev–Trinajstić information content (AvgIpc) is 3.32. The third-order valence-electron chi connectivity index (χ3n) is 5.26. The van der Waals surface area contributed by atoms with E-state index in [4.69, 9.17) is 10.00 Å². The minimum atomic E-state index is -0.383. The van der Waals surface area contributed by atoms with Crippen LogP contribution in [-0.4, -0.2) is 39.2 Å². The number of amides is 1. The van der Waals surface area contributed by atoms with Crippen molar-refractivity contribution in [2.24, 2.45) is 0 Å². The van der Waals surface area contributed by atoms with E-state index in [2.05, 4.69) is 16.2 Å². The van der Waals surface area contributed by atoms with Crippen molar-refractivity contribution in [1.82, 2.24) is 19.7 Å². The number of halogens is 1. The molecule has 7 nitrogen and oxygen atoms in total. The Balaban J connectivity index is 1.76. The van der Waals surface area contributed by atoms with Crippen molar-refractivity contribution < 1.29 is 13.9 Å². The molecule has 8 heteroatoms. The number of benzene rings is 2. The van der Waals surface area contributed by atoms with E-state index < -0.39 is 0 Å². The van der Waals surface area contributed by atoms with Gasteiger partial charge in [-0.15, -0.1) is 0 Å². The fourth-order valence-electron chi connectivity index (χ4n) is 3.53. The lowest BCUT2D eigenvalue weighted by atomic mass is 10.1. The molecule has 0 atom stereocenters. The number of ether oxygens (including phenoxy) is 1. The van der Waals surface area contributed by atoms with E-state index in [1.54, 1.807) is 48.7 Å². The second-order valence-electron chi connectivity index (χ2n) is 7.53. The highest BCUT2D eigenvalue weighted by Gasteiger charge is 2.23. The summed E-state index contributed by atoms with van der Waals surface area (Å²) >= 11 is 0. The molecule has 4 aromatic rings. The molecule has 0 N–H and O–H groups in total. The van der Waals surface area contributed by atoms with Gasteiger partial charge >= 0.3 is 0 Å². The van der Waals surface area contributed by atoms with Crippen LogP contribution in [0.15, 0.2) is 79.1 Å². The smallest absolute Gasteiger partial charge is 0.272 e. The highest BCUT2D eigenvalue weighted by molar-refractivity contribution is 5.94. The number of nitriles is 1. The van der Waals surface area contributed by atoms with Gasteiger partial charge < -0.3 is 9.64 Å². The molecule has 0 saturated carbocycles. The molecule has 0 saturated heterocycles. The number of pyridine rings is 1. The predicted octanol–water partition coefficient (Wildman–Crippen LogP) is 4.64.